The molecule has 1 atom stereocenters. The minimum atomic E-state index is -0.304. The van der Waals surface area contributed by atoms with E-state index in [9.17, 15) is 4.79 Å². The van der Waals surface area contributed by atoms with Gasteiger partial charge in [0, 0.05) is 12.2 Å². The van der Waals surface area contributed by atoms with Crippen LogP contribution in [0.25, 0.3) is 0 Å². The van der Waals surface area contributed by atoms with Crippen molar-refractivity contribution >= 4 is 23.3 Å². The maximum Gasteiger partial charge on any atom is 0.322 e. The zero-order valence-electron chi connectivity index (χ0n) is 14.9. The van der Waals surface area contributed by atoms with E-state index >= 15 is 0 Å². The molecular formula is C18H22ClN5O3. The molecule has 1 unspecified atom stereocenters. The molecule has 1 aromatic heterocycles. The summed E-state index contributed by atoms with van der Waals surface area (Å²) >= 11 is 6.35. The Bertz CT molecular complexity index is 779. The molecule has 144 valence electrons. The Balaban J connectivity index is 1.43. The molecule has 2 heterocycles. The molecule has 0 bridgehead atoms. The summed E-state index contributed by atoms with van der Waals surface area (Å²) in [7, 11) is 0. The first-order chi connectivity index (χ1) is 13.2. The van der Waals surface area contributed by atoms with Crippen molar-refractivity contribution < 1.29 is 14.3 Å². The van der Waals surface area contributed by atoms with E-state index in [1.807, 2.05) is 6.07 Å². The summed E-state index contributed by atoms with van der Waals surface area (Å²) in [4.78, 5) is 18.6. The first kappa shape index (κ1) is 18.1. The minimum absolute atomic E-state index is 0.235. The van der Waals surface area contributed by atoms with Crippen LogP contribution in [0.5, 0.6) is 5.75 Å². The summed E-state index contributed by atoms with van der Waals surface area (Å²) in [5.74, 6) is 1.26. The highest BCUT2D eigenvalue weighted by atomic mass is 35.5. The van der Waals surface area contributed by atoms with Gasteiger partial charge in [-0.3, -0.25) is 5.10 Å². The van der Waals surface area contributed by atoms with Crippen molar-refractivity contribution in [1.82, 2.24) is 20.1 Å². The number of halogens is 1. The SMILES string of the molecule is O=C(Nc1ccc(OC2CCCC2)c(Cl)c1)N1CCOCC1c1ncn[nH]1. The summed E-state index contributed by atoms with van der Waals surface area (Å²) in [6.45, 7) is 1.32. The molecule has 0 spiro atoms. The van der Waals surface area contributed by atoms with Crippen LogP contribution in [0.2, 0.25) is 5.02 Å². The number of anilines is 1. The van der Waals surface area contributed by atoms with Gasteiger partial charge < -0.3 is 19.7 Å². The van der Waals surface area contributed by atoms with Gasteiger partial charge in [-0.1, -0.05) is 11.6 Å². The molecule has 8 nitrogen and oxygen atoms in total. The second kappa shape index (κ2) is 8.14. The molecule has 0 radical (unpaired) electrons. The van der Waals surface area contributed by atoms with Gasteiger partial charge in [-0.05, 0) is 43.9 Å². The molecule has 1 aliphatic carbocycles. The van der Waals surface area contributed by atoms with Gasteiger partial charge in [0.05, 0.1) is 24.3 Å². The lowest BCUT2D eigenvalue weighted by Crippen LogP contribution is -2.45. The molecule has 2 aliphatic rings. The number of nitrogens with zero attached hydrogens (tertiary/aromatic N) is 3. The van der Waals surface area contributed by atoms with Gasteiger partial charge in [0.1, 0.15) is 23.9 Å². The zero-order valence-corrected chi connectivity index (χ0v) is 15.6. The molecule has 9 heteroatoms. The second-order valence-corrected chi connectivity index (χ2v) is 7.16. The quantitative estimate of drug-likeness (QED) is 0.833. The van der Waals surface area contributed by atoms with Crippen molar-refractivity contribution in [3.05, 3.63) is 35.4 Å². The number of benzene rings is 1. The van der Waals surface area contributed by atoms with E-state index in [4.69, 9.17) is 21.1 Å². The smallest absolute Gasteiger partial charge is 0.322 e. The van der Waals surface area contributed by atoms with E-state index in [0.717, 1.165) is 12.8 Å². The van der Waals surface area contributed by atoms with Crippen LogP contribution in [-0.2, 0) is 4.74 Å². The number of urea groups is 1. The van der Waals surface area contributed by atoms with E-state index in [2.05, 4.69) is 20.5 Å². The number of aromatic amines is 1. The summed E-state index contributed by atoms with van der Waals surface area (Å²) in [6.07, 6.45) is 6.18. The molecule has 4 rings (SSSR count). The molecule has 2 fully saturated rings. The summed E-state index contributed by atoms with van der Waals surface area (Å²) in [5, 5.41) is 10.1. The maximum atomic E-state index is 12.8. The van der Waals surface area contributed by atoms with Gasteiger partial charge in [0.15, 0.2) is 0 Å². The topological polar surface area (TPSA) is 92.4 Å². The van der Waals surface area contributed by atoms with Crippen molar-refractivity contribution in [2.24, 2.45) is 0 Å². The number of carbonyl (C=O) groups excluding carboxylic acids is 1. The number of rotatable bonds is 4. The Labute approximate surface area is 162 Å². The molecule has 2 N–H and O–H groups in total. The van der Waals surface area contributed by atoms with Gasteiger partial charge in [-0.25, -0.2) is 9.78 Å². The van der Waals surface area contributed by atoms with E-state index < -0.39 is 0 Å². The number of nitrogens with one attached hydrogen (secondary N) is 2. The molecule has 1 saturated heterocycles. The lowest BCUT2D eigenvalue weighted by Gasteiger charge is -2.34. The number of H-pyrrole nitrogens is 1. The number of aromatic nitrogens is 3. The summed E-state index contributed by atoms with van der Waals surface area (Å²) in [6, 6.07) is 4.79. The highest BCUT2D eigenvalue weighted by Gasteiger charge is 2.30. The molecular weight excluding hydrogens is 370 g/mol. The average Bonchev–Trinajstić information content (AvgIpc) is 3.38. The van der Waals surface area contributed by atoms with Crippen LogP contribution in [0.3, 0.4) is 0 Å². The van der Waals surface area contributed by atoms with Gasteiger partial charge in [-0.15, -0.1) is 0 Å². The van der Waals surface area contributed by atoms with Crippen molar-refractivity contribution in [1.29, 1.82) is 0 Å². The predicted molar refractivity (Wildman–Crippen MR) is 100 cm³/mol. The van der Waals surface area contributed by atoms with Crippen LogP contribution in [0.4, 0.5) is 10.5 Å². The first-order valence-electron chi connectivity index (χ1n) is 9.17. The Morgan fingerprint density at radius 2 is 2.22 bits per heavy atom. The van der Waals surface area contributed by atoms with E-state index in [1.54, 1.807) is 17.0 Å². The van der Waals surface area contributed by atoms with Crippen molar-refractivity contribution in [2.45, 2.75) is 37.8 Å². The maximum absolute atomic E-state index is 12.8. The van der Waals surface area contributed by atoms with Crippen LogP contribution < -0.4 is 10.1 Å². The average molecular weight is 392 g/mol. The largest absolute Gasteiger partial charge is 0.489 e. The minimum Gasteiger partial charge on any atom is -0.489 e. The van der Waals surface area contributed by atoms with Crippen LogP contribution in [0.1, 0.15) is 37.5 Å². The third kappa shape index (κ3) is 4.17. The fourth-order valence-corrected chi connectivity index (χ4v) is 3.73. The van der Waals surface area contributed by atoms with Crippen LogP contribution in [0.15, 0.2) is 24.5 Å². The first-order valence-corrected chi connectivity index (χ1v) is 9.55. The second-order valence-electron chi connectivity index (χ2n) is 6.75. The van der Waals surface area contributed by atoms with Crippen molar-refractivity contribution in [3.8, 4) is 5.75 Å². The van der Waals surface area contributed by atoms with Crippen LogP contribution >= 0.6 is 11.6 Å². The highest BCUT2D eigenvalue weighted by molar-refractivity contribution is 6.32. The number of hydrogen-bond donors (Lipinski definition) is 2. The Kier molecular flexibility index (Phi) is 5.45. The monoisotopic (exact) mass is 391 g/mol. The van der Waals surface area contributed by atoms with Crippen LogP contribution in [0, 0.1) is 0 Å². The lowest BCUT2D eigenvalue weighted by molar-refractivity contribution is 0.0118. The molecule has 1 saturated carbocycles. The van der Waals surface area contributed by atoms with Gasteiger partial charge in [0.25, 0.3) is 0 Å². The predicted octanol–water partition coefficient (Wildman–Crippen LogP) is 3.38. The molecule has 2 amide bonds. The highest BCUT2D eigenvalue weighted by Crippen LogP contribution is 2.32. The molecule has 1 aromatic carbocycles. The molecule has 27 heavy (non-hydrogen) atoms. The van der Waals surface area contributed by atoms with Crippen molar-refractivity contribution in [3.63, 3.8) is 0 Å². The standard InChI is InChI=1S/C18H22ClN5O3/c19-14-9-12(5-6-16(14)27-13-3-1-2-4-13)22-18(25)24-7-8-26-10-15(24)17-20-11-21-23-17/h5-6,9,11,13,15H,1-4,7-8,10H2,(H,22,25)(H,20,21,23). The number of hydrogen-bond acceptors (Lipinski definition) is 5. The van der Waals surface area contributed by atoms with E-state index in [0.29, 0.717) is 42.0 Å². The van der Waals surface area contributed by atoms with E-state index in [1.165, 1.54) is 19.2 Å². The molecule has 2 aromatic rings. The number of morpholine rings is 1. The van der Waals surface area contributed by atoms with Gasteiger partial charge in [-0.2, -0.15) is 5.10 Å². The molecule has 1 aliphatic heterocycles. The summed E-state index contributed by atoms with van der Waals surface area (Å²) in [5.41, 5.74) is 0.617. The Hall–Kier alpha value is -2.32. The normalized spacial score (nSPS) is 20.6. The lowest BCUT2D eigenvalue weighted by atomic mass is 10.2. The number of ether oxygens (including phenoxy) is 2. The van der Waals surface area contributed by atoms with Gasteiger partial charge in [0.2, 0.25) is 0 Å². The third-order valence-electron chi connectivity index (χ3n) is 4.92. The van der Waals surface area contributed by atoms with Crippen molar-refractivity contribution in [2.75, 3.05) is 25.1 Å². The fourth-order valence-electron chi connectivity index (χ4n) is 3.50. The number of carbonyl (C=O) groups is 1. The third-order valence-corrected chi connectivity index (χ3v) is 5.21. The fraction of sp³-hybridized carbons (Fsp3) is 0.500. The Morgan fingerprint density at radius 1 is 1.37 bits per heavy atom. The Morgan fingerprint density at radius 3 is 2.96 bits per heavy atom. The van der Waals surface area contributed by atoms with Crippen LogP contribution in [-0.4, -0.2) is 52.0 Å². The number of amides is 2. The van der Waals surface area contributed by atoms with E-state index in [-0.39, 0.29) is 18.2 Å². The zero-order chi connectivity index (χ0) is 18.6. The summed E-state index contributed by atoms with van der Waals surface area (Å²) < 4.78 is 11.4. The van der Waals surface area contributed by atoms with Gasteiger partial charge >= 0.3 is 6.03 Å².